The van der Waals surface area contributed by atoms with Gasteiger partial charge in [-0.25, -0.2) is 4.79 Å². The topological polar surface area (TPSA) is 116 Å². The lowest BCUT2D eigenvalue weighted by Gasteiger charge is -2.15. The quantitative estimate of drug-likeness (QED) is 0.518. The Morgan fingerprint density at radius 3 is 2.48 bits per heavy atom. The van der Waals surface area contributed by atoms with Gasteiger partial charge in [0, 0.05) is 6.54 Å². The number of ether oxygens (including phenoxy) is 1. The number of nitrogens with one attached hydrogen (secondary N) is 1. The molecule has 21 heavy (non-hydrogen) atoms. The van der Waals surface area contributed by atoms with E-state index in [0.717, 1.165) is 5.56 Å². The number of carbonyl (C=O) groups excluding carboxylic acids is 2. The number of Topliss-reactive ketones (excluding diaryl/α,β-unsaturated/α-hetero) is 1. The molecule has 0 heterocycles. The number of amides is 1. The van der Waals surface area contributed by atoms with Crippen LogP contribution in [0.3, 0.4) is 0 Å². The van der Waals surface area contributed by atoms with Gasteiger partial charge in [0.2, 0.25) is 0 Å². The Labute approximate surface area is 122 Å². The Bertz CT molecular complexity index is 450. The molecule has 0 saturated carbocycles. The molecule has 7 nitrogen and oxygen atoms in total. The molecular weight excluding hydrogens is 278 g/mol. The largest absolute Gasteiger partial charge is 0.445 e. The molecule has 0 unspecified atom stereocenters. The number of ketones is 1. The molecule has 0 spiro atoms. The number of alkyl carbamates (subject to hydrolysis) is 1. The molecule has 1 amide bonds. The average Bonchev–Trinajstić information content (AvgIpc) is 2.52. The molecule has 116 valence electrons. The van der Waals surface area contributed by atoms with Crippen LogP contribution in [0.5, 0.6) is 0 Å². The molecule has 1 rings (SSSR count). The van der Waals surface area contributed by atoms with E-state index >= 15 is 0 Å². The zero-order chi connectivity index (χ0) is 15.7. The first-order valence-corrected chi connectivity index (χ1v) is 6.49. The number of aliphatic hydroxyl groups is 3. The highest BCUT2D eigenvalue weighted by Crippen LogP contribution is 2.02. The van der Waals surface area contributed by atoms with E-state index in [2.05, 4.69) is 5.32 Å². The van der Waals surface area contributed by atoms with Crippen LogP contribution in [0.25, 0.3) is 0 Å². The van der Waals surface area contributed by atoms with Crippen molar-refractivity contribution in [3.8, 4) is 0 Å². The summed E-state index contributed by atoms with van der Waals surface area (Å²) >= 11 is 0. The van der Waals surface area contributed by atoms with Crippen LogP contribution in [0.4, 0.5) is 4.79 Å². The van der Waals surface area contributed by atoms with Gasteiger partial charge in [0.25, 0.3) is 0 Å². The smallest absolute Gasteiger partial charge is 0.407 e. The Kier molecular flexibility index (Phi) is 7.38. The fraction of sp³-hybridized carbons (Fsp3) is 0.429. The first-order chi connectivity index (χ1) is 10.0. The third-order valence-corrected chi connectivity index (χ3v) is 2.77. The van der Waals surface area contributed by atoms with Crippen molar-refractivity contribution in [1.82, 2.24) is 5.32 Å². The van der Waals surface area contributed by atoms with Crippen LogP contribution in [0, 0.1) is 0 Å². The second-order valence-corrected chi connectivity index (χ2v) is 4.41. The van der Waals surface area contributed by atoms with Crippen molar-refractivity contribution in [1.29, 1.82) is 0 Å². The average molecular weight is 297 g/mol. The Morgan fingerprint density at radius 1 is 1.19 bits per heavy atom. The Balaban J connectivity index is 2.20. The molecule has 1 aromatic rings. The van der Waals surface area contributed by atoms with E-state index < -0.39 is 30.7 Å². The Hall–Kier alpha value is -1.96. The van der Waals surface area contributed by atoms with Crippen molar-refractivity contribution in [2.24, 2.45) is 0 Å². The minimum atomic E-state index is -1.66. The van der Waals surface area contributed by atoms with Crippen LogP contribution in [0.1, 0.15) is 12.0 Å². The van der Waals surface area contributed by atoms with Crippen molar-refractivity contribution in [3.63, 3.8) is 0 Å². The summed E-state index contributed by atoms with van der Waals surface area (Å²) in [6.07, 6.45) is -3.70. The predicted molar refractivity (Wildman–Crippen MR) is 73.4 cm³/mol. The zero-order valence-electron chi connectivity index (χ0n) is 11.4. The number of aliphatic hydroxyl groups excluding tert-OH is 3. The third kappa shape index (κ3) is 6.35. The fourth-order valence-electron chi connectivity index (χ4n) is 1.56. The number of hydrogen-bond acceptors (Lipinski definition) is 6. The minimum Gasteiger partial charge on any atom is -0.445 e. The lowest BCUT2D eigenvalue weighted by atomic mass is 10.1. The number of hydrogen-bond donors (Lipinski definition) is 4. The lowest BCUT2D eigenvalue weighted by Crippen LogP contribution is -2.38. The van der Waals surface area contributed by atoms with E-state index in [1.54, 1.807) is 0 Å². The molecule has 0 bridgehead atoms. The molecule has 0 aliphatic carbocycles. The van der Waals surface area contributed by atoms with E-state index in [4.69, 9.17) is 9.84 Å². The van der Waals surface area contributed by atoms with Gasteiger partial charge in [-0.15, -0.1) is 0 Å². The molecule has 7 heteroatoms. The predicted octanol–water partition coefficient (Wildman–Crippen LogP) is -0.414. The molecule has 0 saturated heterocycles. The molecular formula is C14H19NO6. The minimum absolute atomic E-state index is 0.0323. The summed E-state index contributed by atoms with van der Waals surface area (Å²) in [5.41, 5.74) is 0.844. The highest BCUT2D eigenvalue weighted by molar-refractivity contribution is 5.84. The van der Waals surface area contributed by atoms with Crippen molar-refractivity contribution in [2.75, 3.05) is 13.2 Å². The van der Waals surface area contributed by atoms with Gasteiger partial charge in [-0.2, -0.15) is 0 Å². The van der Waals surface area contributed by atoms with Gasteiger partial charge < -0.3 is 25.4 Å². The van der Waals surface area contributed by atoms with Crippen molar-refractivity contribution >= 4 is 11.9 Å². The van der Waals surface area contributed by atoms with Gasteiger partial charge in [-0.1, -0.05) is 30.3 Å². The third-order valence-electron chi connectivity index (χ3n) is 2.77. The van der Waals surface area contributed by atoms with Crippen LogP contribution in [0.15, 0.2) is 30.3 Å². The first-order valence-electron chi connectivity index (χ1n) is 6.49. The molecule has 4 N–H and O–H groups in total. The molecule has 2 atom stereocenters. The summed E-state index contributed by atoms with van der Waals surface area (Å²) in [6, 6.07) is 9.13. The van der Waals surface area contributed by atoms with Gasteiger partial charge >= 0.3 is 6.09 Å². The maximum atomic E-state index is 11.4. The van der Waals surface area contributed by atoms with Crippen molar-refractivity contribution in [2.45, 2.75) is 25.2 Å². The van der Waals surface area contributed by atoms with Crippen LogP contribution in [-0.4, -0.2) is 52.6 Å². The summed E-state index contributed by atoms with van der Waals surface area (Å²) in [7, 11) is 0. The van der Waals surface area contributed by atoms with Crippen LogP contribution >= 0.6 is 0 Å². The normalized spacial score (nSPS) is 13.3. The maximum Gasteiger partial charge on any atom is 0.407 e. The lowest BCUT2D eigenvalue weighted by molar-refractivity contribution is -0.135. The van der Waals surface area contributed by atoms with Gasteiger partial charge in [-0.3, -0.25) is 4.79 Å². The SMILES string of the molecule is O=C(NCC[C@@H](O)[C@H](O)C(=O)CO)OCc1ccccc1. The van der Waals surface area contributed by atoms with Crippen molar-refractivity contribution in [3.05, 3.63) is 35.9 Å². The highest BCUT2D eigenvalue weighted by Gasteiger charge is 2.23. The van der Waals surface area contributed by atoms with Gasteiger partial charge in [0.15, 0.2) is 5.78 Å². The second kappa shape index (κ2) is 9.06. The zero-order valence-corrected chi connectivity index (χ0v) is 11.4. The highest BCUT2D eigenvalue weighted by atomic mass is 16.5. The Morgan fingerprint density at radius 2 is 1.86 bits per heavy atom. The summed E-state index contributed by atoms with van der Waals surface area (Å²) < 4.78 is 4.94. The summed E-state index contributed by atoms with van der Waals surface area (Å²) in [4.78, 5) is 22.3. The molecule has 0 radical (unpaired) electrons. The van der Waals surface area contributed by atoms with E-state index in [1.165, 1.54) is 0 Å². The number of carbonyl (C=O) groups is 2. The second-order valence-electron chi connectivity index (χ2n) is 4.41. The standard InChI is InChI=1S/C14H19NO6/c16-8-12(18)13(19)11(17)6-7-15-14(20)21-9-10-4-2-1-3-5-10/h1-5,11,13,16-17,19H,6-9H2,(H,15,20)/t11-,13+/m1/s1. The molecule has 0 aromatic heterocycles. The van der Waals surface area contributed by atoms with Crippen LogP contribution < -0.4 is 5.32 Å². The number of rotatable bonds is 8. The maximum absolute atomic E-state index is 11.4. The van der Waals surface area contributed by atoms with E-state index in [1.807, 2.05) is 30.3 Å². The molecule has 0 aliphatic rings. The summed E-state index contributed by atoms with van der Waals surface area (Å²) in [6.45, 7) is -0.684. The van der Waals surface area contributed by atoms with Crippen molar-refractivity contribution < 1.29 is 29.6 Å². The van der Waals surface area contributed by atoms with Crippen LogP contribution in [-0.2, 0) is 16.1 Å². The molecule has 0 fully saturated rings. The first kappa shape index (κ1) is 17.1. The fourth-order valence-corrected chi connectivity index (χ4v) is 1.56. The van der Waals surface area contributed by atoms with E-state index in [9.17, 15) is 19.8 Å². The summed E-state index contributed by atoms with van der Waals surface area (Å²) in [5, 5.41) is 29.7. The molecule has 1 aromatic carbocycles. The van der Waals surface area contributed by atoms with E-state index in [0.29, 0.717) is 0 Å². The van der Waals surface area contributed by atoms with Gasteiger partial charge in [0.1, 0.15) is 19.3 Å². The summed E-state index contributed by atoms with van der Waals surface area (Å²) in [5.74, 6) is -0.867. The van der Waals surface area contributed by atoms with Gasteiger partial charge in [0.05, 0.1) is 6.10 Å². The number of benzene rings is 1. The van der Waals surface area contributed by atoms with Gasteiger partial charge in [-0.05, 0) is 12.0 Å². The van der Waals surface area contributed by atoms with E-state index in [-0.39, 0.29) is 19.6 Å². The van der Waals surface area contributed by atoms with Crippen LogP contribution in [0.2, 0.25) is 0 Å². The monoisotopic (exact) mass is 297 g/mol. The molecule has 0 aliphatic heterocycles.